The molecule has 2 heterocycles. The normalized spacial score (nSPS) is 14.4. The van der Waals surface area contributed by atoms with Crippen LogP contribution in [0.1, 0.15) is 30.9 Å². The number of hydrogen-bond donors (Lipinski definition) is 0. The van der Waals surface area contributed by atoms with Crippen molar-refractivity contribution in [3.63, 3.8) is 0 Å². The van der Waals surface area contributed by atoms with Crippen LogP contribution in [-0.2, 0) is 4.79 Å². The van der Waals surface area contributed by atoms with Crippen molar-refractivity contribution in [2.75, 3.05) is 31.1 Å². The third kappa shape index (κ3) is 5.18. The summed E-state index contributed by atoms with van der Waals surface area (Å²) in [6, 6.07) is 20.5. The van der Waals surface area contributed by atoms with Crippen molar-refractivity contribution in [3.8, 4) is 11.3 Å². The average molecular weight is 413 g/mol. The van der Waals surface area contributed by atoms with Gasteiger partial charge in [0.15, 0.2) is 0 Å². The number of aromatic nitrogens is 2. The predicted molar refractivity (Wildman–Crippen MR) is 126 cm³/mol. The van der Waals surface area contributed by atoms with Crippen LogP contribution in [0.4, 0.5) is 5.82 Å². The van der Waals surface area contributed by atoms with Crippen molar-refractivity contribution in [1.29, 1.82) is 0 Å². The Kier molecular flexibility index (Phi) is 6.41. The van der Waals surface area contributed by atoms with Crippen molar-refractivity contribution in [2.45, 2.75) is 19.8 Å². The smallest absolute Gasteiger partial charge is 0.246 e. The third-order valence-electron chi connectivity index (χ3n) is 5.66. The largest absolute Gasteiger partial charge is 0.353 e. The molecule has 1 amide bonds. The summed E-state index contributed by atoms with van der Waals surface area (Å²) < 4.78 is 0. The minimum Gasteiger partial charge on any atom is -0.353 e. The Morgan fingerprint density at radius 2 is 1.65 bits per heavy atom. The molecule has 5 nitrogen and oxygen atoms in total. The summed E-state index contributed by atoms with van der Waals surface area (Å²) >= 11 is 0. The third-order valence-corrected chi connectivity index (χ3v) is 5.66. The van der Waals surface area contributed by atoms with Gasteiger partial charge in [-0.3, -0.25) is 4.79 Å². The summed E-state index contributed by atoms with van der Waals surface area (Å²) in [5.41, 5.74) is 4.34. The maximum Gasteiger partial charge on any atom is 0.246 e. The summed E-state index contributed by atoms with van der Waals surface area (Å²) in [6.45, 7) is 7.23. The summed E-state index contributed by atoms with van der Waals surface area (Å²) in [5, 5.41) is 0. The van der Waals surface area contributed by atoms with Gasteiger partial charge in [-0.15, -0.1) is 0 Å². The van der Waals surface area contributed by atoms with Gasteiger partial charge in [0, 0.05) is 43.9 Å². The molecule has 1 aliphatic rings. The fourth-order valence-corrected chi connectivity index (χ4v) is 3.71. The number of benzene rings is 2. The molecule has 158 valence electrons. The zero-order valence-electron chi connectivity index (χ0n) is 18.1. The Hall–Kier alpha value is -3.47. The predicted octanol–water partition coefficient (Wildman–Crippen LogP) is 4.63. The van der Waals surface area contributed by atoms with Crippen molar-refractivity contribution < 1.29 is 4.79 Å². The molecule has 0 saturated carbocycles. The van der Waals surface area contributed by atoms with E-state index in [9.17, 15) is 4.79 Å². The van der Waals surface area contributed by atoms with E-state index in [4.69, 9.17) is 0 Å². The molecule has 2 aromatic carbocycles. The number of piperazine rings is 1. The van der Waals surface area contributed by atoms with Gasteiger partial charge in [0.25, 0.3) is 0 Å². The summed E-state index contributed by atoms with van der Waals surface area (Å²) in [5.74, 6) is 1.47. The van der Waals surface area contributed by atoms with Crippen LogP contribution in [0.2, 0.25) is 0 Å². The molecule has 0 unspecified atom stereocenters. The number of rotatable bonds is 5. The first kappa shape index (κ1) is 20.8. The Morgan fingerprint density at radius 3 is 2.32 bits per heavy atom. The summed E-state index contributed by atoms with van der Waals surface area (Å²) in [6.07, 6.45) is 5.19. The maximum atomic E-state index is 12.6. The number of nitrogens with zero attached hydrogens (tertiary/aromatic N) is 4. The highest BCUT2D eigenvalue weighted by Crippen LogP contribution is 2.21. The van der Waals surface area contributed by atoms with E-state index in [-0.39, 0.29) is 5.91 Å². The van der Waals surface area contributed by atoms with E-state index in [1.54, 1.807) is 12.4 Å². The molecule has 4 rings (SSSR count). The van der Waals surface area contributed by atoms with Crippen LogP contribution in [0.25, 0.3) is 17.3 Å². The molecule has 1 saturated heterocycles. The zero-order chi connectivity index (χ0) is 21.6. The van der Waals surface area contributed by atoms with Gasteiger partial charge in [0.2, 0.25) is 5.91 Å². The van der Waals surface area contributed by atoms with Crippen LogP contribution in [0.5, 0.6) is 0 Å². The lowest BCUT2D eigenvalue weighted by molar-refractivity contribution is -0.126. The van der Waals surface area contributed by atoms with Crippen molar-refractivity contribution in [3.05, 3.63) is 84.2 Å². The monoisotopic (exact) mass is 412 g/mol. The maximum absolute atomic E-state index is 12.6. The first-order valence-corrected chi connectivity index (χ1v) is 10.8. The van der Waals surface area contributed by atoms with Crippen LogP contribution in [-0.4, -0.2) is 47.0 Å². The molecule has 0 spiro atoms. The van der Waals surface area contributed by atoms with Crippen LogP contribution in [0.3, 0.4) is 0 Å². The van der Waals surface area contributed by atoms with Gasteiger partial charge in [-0.2, -0.15) is 0 Å². The highest BCUT2D eigenvalue weighted by Gasteiger charge is 2.21. The quantitative estimate of drug-likeness (QED) is 0.574. The molecular formula is C26H28N4O. The molecule has 5 heteroatoms. The number of anilines is 1. The highest BCUT2D eigenvalue weighted by molar-refractivity contribution is 5.92. The summed E-state index contributed by atoms with van der Waals surface area (Å²) in [7, 11) is 0. The van der Waals surface area contributed by atoms with E-state index >= 15 is 0 Å². The minimum atomic E-state index is 0.0558. The summed E-state index contributed by atoms with van der Waals surface area (Å²) in [4.78, 5) is 25.6. The Morgan fingerprint density at radius 1 is 0.935 bits per heavy atom. The molecule has 1 fully saturated rings. The standard InChI is InChI=1S/C26H28N4O/c1-20(2)22-11-8-21(9-12-22)10-13-26(31)30-16-14-29(15-17-30)25-18-24(27-19-28-25)23-6-4-3-5-7-23/h3-13,18-20H,14-17H2,1-2H3/b13-10+. The van der Waals surface area contributed by atoms with Crippen molar-refractivity contribution in [1.82, 2.24) is 14.9 Å². The molecule has 0 N–H and O–H groups in total. The molecule has 31 heavy (non-hydrogen) atoms. The van der Waals surface area contributed by atoms with E-state index in [2.05, 4.69) is 53.0 Å². The van der Waals surface area contributed by atoms with Gasteiger partial charge >= 0.3 is 0 Å². The van der Waals surface area contributed by atoms with Gasteiger partial charge in [-0.1, -0.05) is 68.4 Å². The van der Waals surface area contributed by atoms with E-state index in [1.807, 2.05) is 47.4 Å². The minimum absolute atomic E-state index is 0.0558. The van der Waals surface area contributed by atoms with Gasteiger partial charge < -0.3 is 9.80 Å². The van der Waals surface area contributed by atoms with Crippen LogP contribution >= 0.6 is 0 Å². The Bertz CT molecular complexity index is 1040. The fourth-order valence-electron chi connectivity index (χ4n) is 3.71. The van der Waals surface area contributed by atoms with Crippen molar-refractivity contribution in [2.24, 2.45) is 0 Å². The lowest BCUT2D eigenvalue weighted by Gasteiger charge is -2.35. The van der Waals surface area contributed by atoms with Gasteiger partial charge in [0.1, 0.15) is 12.1 Å². The Labute approximate surface area is 184 Å². The SMILES string of the molecule is CC(C)c1ccc(/C=C/C(=O)N2CCN(c3cc(-c4ccccc4)ncn3)CC2)cc1. The number of carbonyl (C=O) groups is 1. The van der Waals surface area contributed by atoms with Crippen LogP contribution in [0.15, 0.2) is 73.1 Å². The van der Waals surface area contributed by atoms with Gasteiger partial charge in [0.05, 0.1) is 5.69 Å². The number of amides is 1. The molecule has 0 aliphatic carbocycles. The number of carbonyl (C=O) groups excluding carboxylic acids is 1. The molecule has 3 aromatic rings. The second-order valence-electron chi connectivity index (χ2n) is 8.09. The fraction of sp³-hybridized carbons (Fsp3) is 0.269. The zero-order valence-corrected chi connectivity index (χ0v) is 18.1. The topological polar surface area (TPSA) is 49.3 Å². The highest BCUT2D eigenvalue weighted by atomic mass is 16.2. The van der Waals surface area contributed by atoms with E-state index in [1.165, 1.54) is 5.56 Å². The van der Waals surface area contributed by atoms with Gasteiger partial charge in [-0.05, 0) is 23.1 Å². The molecule has 0 bridgehead atoms. The second-order valence-corrected chi connectivity index (χ2v) is 8.09. The second kappa shape index (κ2) is 9.56. The Balaban J connectivity index is 1.35. The molecule has 0 atom stereocenters. The number of hydrogen-bond acceptors (Lipinski definition) is 4. The van der Waals surface area contributed by atoms with Gasteiger partial charge in [-0.25, -0.2) is 9.97 Å². The first-order chi connectivity index (χ1) is 15.1. The molecule has 0 radical (unpaired) electrons. The van der Waals surface area contributed by atoms with E-state index in [0.29, 0.717) is 19.0 Å². The van der Waals surface area contributed by atoms with Crippen molar-refractivity contribution >= 4 is 17.8 Å². The first-order valence-electron chi connectivity index (χ1n) is 10.8. The molecule has 1 aromatic heterocycles. The molecular weight excluding hydrogens is 384 g/mol. The lowest BCUT2D eigenvalue weighted by Crippen LogP contribution is -2.48. The van der Waals surface area contributed by atoms with Crippen LogP contribution < -0.4 is 4.90 Å². The van der Waals surface area contributed by atoms with Crippen LogP contribution in [0, 0.1) is 0 Å². The lowest BCUT2D eigenvalue weighted by atomic mass is 10.0. The molecule has 1 aliphatic heterocycles. The van der Waals surface area contributed by atoms with E-state index < -0.39 is 0 Å². The van der Waals surface area contributed by atoms with E-state index in [0.717, 1.165) is 35.7 Å². The average Bonchev–Trinajstić information content (AvgIpc) is 2.83.